The molecule has 1 amide bonds. The van der Waals surface area contributed by atoms with Crippen LogP contribution in [0.1, 0.15) is 12.5 Å². The van der Waals surface area contributed by atoms with Crippen molar-refractivity contribution in [2.45, 2.75) is 13.0 Å². The SMILES string of the molecule is COc1ccc(N([C@@H](C)C(=O)N/N=C\c2ccc(Cl)cc2Cl)S(C)(=O)=O)cc1. The number of benzene rings is 2. The second kappa shape index (κ2) is 9.27. The van der Waals surface area contributed by atoms with Crippen molar-refractivity contribution in [2.75, 3.05) is 17.7 Å². The van der Waals surface area contributed by atoms with Gasteiger partial charge in [0.05, 0.1) is 30.3 Å². The Kier molecular flexibility index (Phi) is 7.29. The van der Waals surface area contributed by atoms with Gasteiger partial charge in [-0.05, 0) is 43.3 Å². The Morgan fingerprint density at radius 1 is 1.21 bits per heavy atom. The lowest BCUT2D eigenvalue weighted by molar-refractivity contribution is -0.121. The van der Waals surface area contributed by atoms with Gasteiger partial charge in [-0.15, -0.1) is 0 Å². The number of rotatable bonds is 7. The molecular formula is C18H19Cl2N3O4S. The highest BCUT2D eigenvalue weighted by Gasteiger charge is 2.29. The summed E-state index contributed by atoms with van der Waals surface area (Å²) in [5.74, 6) is -0.0404. The van der Waals surface area contributed by atoms with Crippen LogP contribution in [-0.4, -0.2) is 39.9 Å². The topological polar surface area (TPSA) is 88.1 Å². The van der Waals surface area contributed by atoms with Crippen LogP contribution in [-0.2, 0) is 14.8 Å². The number of hydrogen-bond donors (Lipinski definition) is 1. The molecule has 0 aromatic heterocycles. The summed E-state index contributed by atoms with van der Waals surface area (Å²) in [5.41, 5.74) is 3.21. The molecule has 28 heavy (non-hydrogen) atoms. The van der Waals surface area contributed by atoms with E-state index in [1.54, 1.807) is 42.5 Å². The first kappa shape index (κ1) is 22.0. The van der Waals surface area contributed by atoms with Gasteiger partial charge in [-0.2, -0.15) is 5.10 Å². The Morgan fingerprint density at radius 2 is 1.86 bits per heavy atom. The Morgan fingerprint density at radius 3 is 2.39 bits per heavy atom. The maximum absolute atomic E-state index is 12.4. The number of nitrogens with one attached hydrogen (secondary N) is 1. The average Bonchev–Trinajstić information content (AvgIpc) is 2.63. The minimum absolute atomic E-state index is 0.329. The van der Waals surface area contributed by atoms with Crippen molar-refractivity contribution in [3.05, 3.63) is 58.1 Å². The van der Waals surface area contributed by atoms with Crippen molar-refractivity contribution >= 4 is 51.0 Å². The Bertz CT molecular complexity index is 979. The first-order valence-electron chi connectivity index (χ1n) is 8.05. The molecule has 0 saturated heterocycles. The van der Waals surface area contributed by atoms with E-state index < -0.39 is 22.0 Å². The molecule has 0 saturated carbocycles. The van der Waals surface area contributed by atoms with Gasteiger partial charge in [0.25, 0.3) is 5.91 Å². The number of amides is 1. The van der Waals surface area contributed by atoms with E-state index in [0.717, 1.165) is 10.6 Å². The Labute approximate surface area is 173 Å². The fourth-order valence-electron chi connectivity index (χ4n) is 2.40. The molecule has 0 fully saturated rings. The number of sulfonamides is 1. The molecule has 0 radical (unpaired) electrons. The molecule has 2 aromatic carbocycles. The lowest BCUT2D eigenvalue weighted by atomic mass is 10.2. The van der Waals surface area contributed by atoms with E-state index in [1.165, 1.54) is 20.2 Å². The summed E-state index contributed by atoms with van der Waals surface area (Å²) < 4.78 is 30.6. The first-order chi connectivity index (χ1) is 13.1. The monoisotopic (exact) mass is 443 g/mol. The van der Waals surface area contributed by atoms with E-state index in [2.05, 4.69) is 10.5 Å². The van der Waals surface area contributed by atoms with Gasteiger partial charge in [-0.25, -0.2) is 13.8 Å². The molecule has 150 valence electrons. The van der Waals surface area contributed by atoms with Crippen LogP contribution in [0.3, 0.4) is 0 Å². The van der Waals surface area contributed by atoms with Crippen LogP contribution in [0.25, 0.3) is 0 Å². The van der Waals surface area contributed by atoms with Gasteiger partial charge in [-0.3, -0.25) is 9.10 Å². The molecule has 0 bridgehead atoms. The highest BCUT2D eigenvalue weighted by molar-refractivity contribution is 7.92. The molecule has 7 nitrogen and oxygen atoms in total. The third-order valence-corrected chi connectivity index (χ3v) is 5.56. The summed E-state index contributed by atoms with van der Waals surface area (Å²) >= 11 is 11.9. The van der Waals surface area contributed by atoms with E-state index in [0.29, 0.717) is 27.0 Å². The van der Waals surface area contributed by atoms with Gasteiger partial charge in [0.2, 0.25) is 10.0 Å². The zero-order valence-corrected chi connectivity index (χ0v) is 17.7. The Balaban J connectivity index is 2.18. The standard InChI is InChI=1S/C18H19Cl2N3O4S/c1-12(18(24)22-21-11-13-4-5-14(19)10-17(13)20)23(28(3,25)26)15-6-8-16(27-2)9-7-15/h4-12H,1-3H3,(H,22,24)/b21-11-/t12-/m0/s1. The van der Waals surface area contributed by atoms with Crippen LogP contribution < -0.4 is 14.5 Å². The number of hydrazone groups is 1. The number of carbonyl (C=O) groups excluding carboxylic acids is 1. The summed E-state index contributed by atoms with van der Waals surface area (Å²) in [6.45, 7) is 1.46. The van der Waals surface area contributed by atoms with E-state index in [-0.39, 0.29) is 0 Å². The van der Waals surface area contributed by atoms with Crippen LogP contribution in [0.5, 0.6) is 5.75 Å². The quantitative estimate of drug-likeness (QED) is 0.524. The van der Waals surface area contributed by atoms with Gasteiger partial charge in [0, 0.05) is 10.6 Å². The van der Waals surface area contributed by atoms with Crippen molar-refractivity contribution in [1.82, 2.24) is 5.43 Å². The molecule has 1 N–H and O–H groups in total. The van der Waals surface area contributed by atoms with Gasteiger partial charge in [-0.1, -0.05) is 29.3 Å². The number of hydrogen-bond acceptors (Lipinski definition) is 5. The summed E-state index contributed by atoms with van der Waals surface area (Å²) in [6.07, 6.45) is 2.37. The van der Waals surface area contributed by atoms with Crippen LogP contribution in [0.4, 0.5) is 5.69 Å². The second-order valence-corrected chi connectivity index (χ2v) is 8.54. The van der Waals surface area contributed by atoms with E-state index in [4.69, 9.17) is 27.9 Å². The maximum atomic E-state index is 12.4. The lowest BCUT2D eigenvalue weighted by Crippen LogP contribution is -2.46. The average molecular weight is 444 g/mol. The number of anilines is 1. The number of halogens is 2. The zero-order chi connectivity index (χ0) is 20.9. The summed E-state index contributed by atoms with van der Waals surface area (Å²) in [7, 11) is -2.22. The molecule has 1 atom stereocenters. The van der Waals surface area contributed by atoms with Crippen LogP contribution in [0, 0.1) is 0 Å². The summed E-state index contributed by atoms with van der Waals surface area (Å²) in [6, 6.07) is 10.1. The van der Waals surface area contributed by atoms with Crippen molar-refractivity contribution in [2.24, 2.45) is 5.10 Å². The molecule has 0 spiro atoms. The van der Waals surface area contributed by atoms with Gasteiger partial charge in [0.15, 0.2) is 0 Å². The third kappa shape index (κ3) is 5.60. The summed E-state index contributed by atoms with van der Waals surface area (Å²) in [5, 5.41) is 4.69. The minimum Gasteiger partial charge on any atom is -0.497 e. The minimum atomic E-state index is -3.73. The van der Waals surface area contributed by atoms with E-state index >= 15 is 0 Å². The number of carbonyl (C=O) groups is 1. The second-order valence-electron chi connectivity index (χ2n) is 5.83. The van der Waals surface area contributed by atoms with Crippen LogP contribution in [0.2, 0.25) is 10.0 Å². The summed E-state index contributed by atoms with van der Waals surface area (Å²) in [4.78, 5) is 12.4. The van der Waals surface area contributed by atoms with Gasteiger partial charge in [0.1, 0.15) is 11.8 Å². The predicted molar refractivity (Wildman–Crippen MR) is 112 cm³/mol. The molecule has 0 unspecified atom stereocenters. The van der Waals surface area contributed by atoms with Crippen molar-refractivity contribution < 1.29 is 17.9 Å². The fourth-order valence-corrected chi connectivity index (χ4v) is 4.04. The van der Waals surface area contributed by atoms with E-state index in [1.807, 2.05) is 0 Å². The molecule has 0 aliphatic heterocycles. The molecule has 2 aromatic rings. The number of methoxy groups -OCH3 is 1. The Hall–Kier alpha value is -2.29. The zero-order valence-electron chi connectivity index (χ0n) is 15.4. The number of nitrogens with zero attached hydrogens (tertiary/aromatic N) is 2. The molecule has 0 heterocycles. The van der Waals surface area contributed by atoms with Crippen molar-refractivity contribution in [3.63, 3.8) is 0 Å². The van der Waals surface area contributed by atoms with Crippen LogP contribution >= 0.6 is 23.2 Å². The third-order valence-electron chi connectivity index (χ3n) is 3.76. The lowest BCUT2D eigenvalue weighted by Gasteiger charge is -2.27. The normalized spacial score (nSPS) is 12.6. The highest BCUT2D eigenvalue weighted by atomic mass is 35.5. The fraction of sp³-hybridized carbons (Fsp3) is 0.222. The predicted octanol–water partition coefficient (Wildman–Crippen LogP) is 3.31. The molecule has 0 aliphatic carbocycles. The molecule has 10 heteroatoms. The maximum Gasteiger partial charge on any atom is 0.263 e. The molecule has 0 aliphatic rings. The van der Waals surface area contributed by atoms with Gasteiger partial charge >= 0.3 is 0 Å². The van der Waals surface area contributed by atoms with Gasteiger partial charge < -0.3 is 4.74 Å². The highest BCUT2D eigenvalue weighted by Crippen LogP contribution is 2.24. The van der Waals surface area contributed by atoms with Crippen molar-refractivity contribution in [1.29, 1.82) is 0 Å². The molecular weight excluding hydrogens is 425 g/mol. The number of ether oxygens (including phenoxy) is 1. The van der Waals surface area contributed by atoms with E-state index in [9.17, 15) is 13.2 Å². The largest absolute Gasteiger partial charge is 0.497 e. The smallest absolute Gasteiger partial charge is 0.263 e. The molecule has 2 rings (SSSR count). The van der Waals surface area contributed by atoms with Crippen LogP contribution in [0.15, 0.2) is 47.6 Å². The van der Waals surface area contributed by atoms with Crippen molar-refractivity contribution in [3.8, 4) is 5.75 Å². The first-order valence-corrected chi connectivity index (χ1v) is 10.7.